The molecule has 0 saturated carbocycles. The van der Waals surface area contributed by atoms with Crippen LogP contribution in [0.5, 0.6) is 5.75 Å². The van der Waals surface area contributed by atoms with Crippen molar-refractivity contribution >= 4 is 34.8 Å². The minimum Gasteiger partial charge on any atom is -0.497 e. The SMILES string of the molecule is COc1ccc(-c2cc(C(=O)Nc3cc(Cl)cc(Cl)c3)on2)cc1. The van der Waals surface area contributed by atoms with Gasteiger partial charge in [-0.25, -0.2) is 0 Å². The summed E-state index contributed by atoms with van der Waals surface area (Å²) >= 11 is 11.8. The van der Waals surface area contributed by atoms with Crippen LogP contribution in [0.1, 0.15) is 10.6 Å². The number of hydrogen-bond donors (Lipinski definition) is 1. The molecule has 0 radical (unpaired) electrons. The molecule has 3 aromatic rings. The number of hydrogen-bond acceptors (Lipinski definition) is 4. The maximum Gasteiger partial charge on any atom is 0.294 e. The number of methoxy groups -OCH3 is 1. The Morgan fingerprint density at radius 2 is 1.75 bits per heavy atom. The molecule has 122 valence electrons. The average molecular weight is 363 g/mol. The first-order chi connectivity index (χ1) is 11.5. The molecule has 0 spiro atoms. The first-order valence-corrected chi connectivity index (χ1v) is 7.69. The Morgan fingerprint density at radius 1 is 1.08 bits per heavy atom. The zero-order valence-corrected chi connectivity index (χ0v) is 14.1. The third-order valence-electron chi connectivity index (χ3n) is 3.24. The van der Waals surface area contributed by atoms with Crippen LogP contribution in [0, 0.1) is 0 Å². The lowest BCUT2D eigenvalue weighted by Crippen LogP contribution is -2.10. The minimum atomic E-state index is -0.444. The fourth-order valence-corrected chi connectivity index (χ4v) is 2.62. The molecule has 0 aliphatic heterocycles. The highest BCUT2D eigenvalue weighted by atomic mass is 35.5. The van der Waals surface area contributed by atoms with Gasteiger partial charge in [-0.2, -0.15) is 0 Å². The predicted molar refractivity (Wildman–Crippen MR) is 92.9 cm³/mol. The number of halogens is 2. The summed E-state index contributed by atoms with van der Waals surface area (Å²) in [6.07, 6.45) is 0. The molecular weight excluding hydrogens is 351 g/mol. The van der Waals surface area contributed by atoms with Gasteiger partial charge in [0.2, 0.25) is 5.76 Å². The molecule has 0 atom stereocenters. The summed E-state index contributed by atoms with van der Waals surface area (Å²) in [5.41, 5.74) is 1.83. The Balaban J connectivity index is 1.77. The molecule has 1 heterocycles. The van der Waals surface area contributed by atoms with E-state index in [-0.39, 0.29) is 5.76 Å². The summed E-state index contributed by atoms with van der Waals surface area (Å²) in [6.45, 7) is 0. The molecule has 7 heteroatoms. The summed E-state index contributed by atoms with van der Waals surface area (Å²) < 4.78 is 10.2. The molecule has 0 aliphatic rings. The topological polar surface area (TPSA) is 64.4 Å². The van der Waals surface area contributed by atoms with Crippen molar-refractivity contribution in [3.63, 3.8) is 0 Å². The van der Waals surface area contributed by atoms with Crippen LogP contribution in [-0.4, -0.2) is 18.2 Å². The second kappa shape index (κ2) is 6.95. The maximum absolute atomic E-state index is 12.2. The van der Waals surface area contributed by atoms with Gasteiger partial charge in [0.05, 0.1) is 7.11 Å². The summed E-state index contributed by atoms with van der Waals surface area (Å²) in [7, 11) is 1.59. The molecule has 0 bridgehead atoms. The van der Waals surface area contributed by atoms with Gasteiger partial charge >= 0.3 is 0 Å². The van der Waals surface area contributed by atoms with E-state index in [9.17, 15) is 4.79 Å². The van der Waals surface area contributed by atoms with Gasteiger partial charge in [0.25, 0.3) is 5.91 Å². The highest BCUT2D eigenvalue weighted by molar-refractivity contribution is 6.35. The third kappa shape index (κ3) is 3.69. The van der Waals surface area contributed by atoms with E-state index in [1.807, 2.05) is 12.1 Å². The van der Waals surface area contributed by atoms with Crippen LogP contribution >= 0.6 is 23.2 Å². The normalized spacial score (nSPS) is 10.5. The van der Waals surface area contributed by atoms with E-state index in [4.69, 9.17) is 32.5 Å². The van der Waals surface area contributed by atoms with E-state index in [0.717, 1.165) is 11.3 Å². The molecule has 0 aliphatic carbocycles. The molecule has 0 unspecified atom stereocenters. The second-order valence-corrected chi connectivity index (χ2v) is 5.79. The minimum absolute atomic E-state index is 0.0805. The Kier molecular flexibility index (Phi) is 4.74. The molecular formula is C17H12Cl2N2O3. The van der Waals surface area contributed by atoms with E-state index < -0.39 is 5.91 Å². The maximum atomic E-state index is 12.2. The number of rotatable bonds is 4. The quantitative estimate of drug-likeness (QED) is 0.715. The average Bonchev–Trinajstić information content (AvgIpc) is 3.04. The van der Waals surface area contributed by atoms with Crippen molar-refractivity contribution in [3.8, 4) is 17.0 Å². The Hall–Kier alpha value is -2.50. The van der Waals surface area contributed by atoms with Crippen LogP contribution in [0.25, 0.3) is 11.3 Å². The summed E-state index contributed by atoms with van der Waals surface area (Å²) in [5, 5.41) is 7.42. The van der Waals surface area contributed by atoms with Gasteiger partial charge in [-0.05, 0) is 42.5 Å². The number of aromatic nitrogens is 1. The fourth-order valence-electron chi connectivity index (χ4n) is 2.10. The number of anilines is 1. The number of carbonyl (C=O) groups excluding carboxylic acids is 1. The standard InChI is InChI=1S/C17H12Cl2N2O3/c1-23-14-4-2-10(3-5-14)15-9-16(24-21-15)17(22)20-13-7-11(18)6-12(19)8-13/h2-9H,1H3,(H,20,22). The number of benzene rings is 2. The lowest BCUT2D eigenvalue weighted by Gasteiger charge is -2.03. The smallest absolute Gasteiger partial charge is 0.294 e. The highest BCUT2D eigenvalue weighted by Gasteiger charge is 2.15. The van der Waals surface area contributed by atoms with Gasteiger partial charge in [0.1, 0.15) is 11.4 Å². The van der Waals surface area contributed by atoms with Crippen LogP contribution in [-0.2, 0) is 0 Å². The van der Waals surface area contributed by atoms with Crippen LogP contribution in [0.2, 0.25) is 10.0 Å². The Morgan fingerprint density at radius 3 is 2.38 bits per heavy atom. The first kappa shape index (κ1) is 16.4. The second-order valence-electron chi connectivity index (χ2n) is 4.92. The highest BCUT2D eigenvalue weighted by Crippen LogP contribution is 2.25. The van der Waals surface area contributed by atoms with Gasteiger partial charge in [0, 0.05) is 27.4 Å². The van der Waals surface area contributed by atoms with Crippen LogP contribution < -0.4 is 10.1 Å². The van der Waals surface area contributed by atoms with Gasteiger partial charge in [-0.1, -0.05) is 28.4 Å². The van der Waals surface area contributed by atoms with Crippen molar-refractivity contribution in [1.29, 1.82) is 0 Å². The molecule has 24 heavy (non-hydrogen) atoms. The molecule has 5 nitrogen and oxygen atoms in total. The lowest BCUT2D eigenvalue weighted by molar-refractivity contribution is 0.0988. The monoisotopic (exact) mass is 362 g/mol. The van der Waals surface area contributed by atoms with Crippen molar-refractivity contribution in [2.75, 3.05) is 12.4 Å². The predicted octanol–water partition coefficient (Wildman–Crippen LogP) is 4.91. The van der Waals surface area contributed by atoms with Crippen LogP contribution in [0.4, 0.5) is 5.69 Å². The number of nitrogens with zero attached hydrogens (tertiary/aromatic N) is 1. The van der Waals surface area contributed by atoms with Gasteiger partial charge in [-0.15, -0.1) is 0 Å². The van der Waals surface area contributed by atoms with E-state index in [1.54, 1.807) is 43.5 Å². The molecule has 3 rings (SSSR count). The summed E-state index contributed by atoms with van der Waals surface area (Å²) in [4.78, 5) is 12.2. The van der Waals surface area contributed by atoms with Crippen molar-refractivity contribution in [1.82, 2.24) is 5.16 Å². The molecule has 0 fully saturated rings. The Bertz CT molecular complexity index is 856. The molecule has 1 aromatic heterocycles. The van der Waals surface area contributed by atoms with E-state index in [0.29, 0.717) is 21.4 Å². The largest absolute Gasteiger partial charge is 0.497 e. The number of nitrogens with one attached hydrogen (secondary N) is 1. The van der Waals surface area contributed by atoms with Gasteiger partial charge < -0.3 is 14.6 Å². The van der Waals surface area contributed by atoms with Crippen LogP contribution in [0.3, 0.4) is 0 Å². The fraction of sp³-hybridized carbons (Fsp3) is 0.0588. The zero-order chi connectivity index (χ0) is 17.1. The van der Waals surface area contributed by atoms with Crippen molar-refractivity contribution < 1.29 is 14.1 Å². The van der Waals surface area contributed by atoms with Crippen molar-refractivity contribution in [3.05, 3.63) is 64.3 Å². The van der Waals surface area contributed by atoms with E-state index in [1.165, 1.54) is 0 Å². The lowest BCUT2D eigenvalue weighted by atomic mass is 10.1. The van der Waals surface area contributed by atoms with Crippen molar-refractivity contribution in [2.45, 2.75) is 0 Å². The van der Waals surface area contributed by atoms with E-state index in [2.05, 4.69) is 10.5 Å². The van der Waals surface area contributed by atoms with Gasteiger partial charge in [0.15, 0.2) is 0 Å². The first-order valence-electron chi connectivity index (χ1n) is 6.94. The summed E-state index contributed by atoms with van der Waals surface area (Å²) in [6, 6.07) is 13.6. The van der Waals surface area contributed by atoms with Crippen molar-refractivity contribution in [2.24, 2.45) is 0 Å². The van der Waals surface area contributed by atoms with Gasteiger partial charge in [-0.3, -0.25) is 4.79 Å². The van der Waals surface area contributed by atoms with Crippen LogP contribution in [0.15, 0.2) is 53.1 Å². The molecule has 1 amide bonds. The molecule has 1 N–H and O–H groups in total. The Labute approximate surface area is 148 Å². The zero-order valence-electron chi connectivity index (χ0n) is 12.5. The third-order valence-corrected chi connectivity index (χ3v) is 3.68. The number of carbonyl (C=O) groups is 1. The molecule has 0 saturated heterocycles. The summed E-state index contributed by atoms with van der Waals surface area (Å²) in [5.74, 6) is 0.371. The molecule has 2 aromatic carbocycles. The number of amides is 1. The van der Waals surface area contributed by atoms with E-state index >= 15 is 0 Å². The number of ether oxygens (including phenoxy) is 1.